The van der Waals surface area contributed by atoms with Crippen LogP contribution in [0.4, 0.5) is 4.39 Å². The number of nitrogens with zero attached hydrogens (tertiary/aromatic N) is 2. The van der Waals surface area contributed by atoms with Gasteiger partial charge in [-0.2, -0.15) is 0 Å². The normalized spacial score (nSPS) is 14.8. The summed E-state index contributed by atoms with van der Waals surface area (Å²) in [6, 6.07) is 9.30. The predicted molar refractivity (Wildman–Crippen MR) is 94.3 cm³/mol. The summed E-state index contributed by atoms with van der Waals surface area (Å²) in [6.07, 6.45) is 7.41. The third-order valence-corrected chi connectivity index (χ3v) is 4.78. The van der Waals surface area contributed by atoms with E-state index < -0.39 is 0 Å². The molecule has 2 nitrogen and oxygen atoms in total. The summed E-state index contributed by atoms with van der Waals surface area (Å²) in [7, 11) is 4.24. The van der Waals surface area contributed by atoms with Crippen LogP contribution in [0, 0.1) is 5.82 Å². The van der Waals surface area contributed by atoms with Crippen molar-refractivity contribution in [3.05, 3.63) is 47.4 Å². The fourth-order valence-electron chi connectivity index (χ4n) is 3.60. The van der Waals surface area contributed by atoms with Crippen molar-refractivity contribution in [1.29, 1.82) is 0 Å². The predicted octanol–water partition coefficient (Wildman–Crippen LogP) is 4.51. The fraction of sp³-hybridized carbons (Fsp3) is 0.500. The maximum absolute atomic E-state index is 13.3. The summed E-state index contributed by atoms with van der Waals surface area (Å²) in [6.45, 7) is 2.13. The van der Waals surface area contributed by atoms with Crippen molar-refractivity contribution in [2.75, 3.05) is 20.6 Å². The first-order valence-corrected chi connectivity index (χ1v) is 8.77. The van der Waals surface area contributed by atoms with Gasteiger partial charge in [-0.3, -0.25) is 0 Å². The summed E-state index contributed by atoms with van der Waals surface area (Å²) in [5.74, 6) is -0.166. The van der Waals surface area contributed by atoms with Gasteiger partial charge in [0.15, 0.2) is 0 Å². The number of rotatable bonds is 5. The van der Waals surface area contributed by atoms with Gasteiger partial charge in [0.25, 0.3) is 0 Å². The van der Waals surface area contributed by atoms with Crippen LogP contribution in [0.15, 0.2) is 30.3 Å². The molecule has 124 valence electrons. The van der Waals surface area contributed by atoms with Gasteiger partial charge in [0.2, 0.25) is 0 Å². The lowest BCUT2D eigenvalue weighted by atomic mass is 10.1. The maximum Gasteiger partial charge on any atom is 0.123 e. The molecule has 2 aromatic rings. The molecule has 1 aromatic heterocycles. The van der Waals surface area contributed by atoms with Gasteiger partial charge < -0.3 is 9.47 Å². The molecule has 0 unspecified atom stereocenters. The van der Waals surface area contributed by atoms with Crippen LogP contribution in [0.25, 0.3) is 11.3 Å². The van der Waals surface area contributed by atoms with Crippen LogP contribution in [0.1, 0.15) is 36.9 Å². The van der Waals surface area contributed by atoms with Gasteiger partial charge >= 0.3 is 0 Å². The molecule has 0 bridgehead atoms. The van der Waals surface area contributed by atoms with Crippen LogP contribution < -0.4 is 0 Å². The Balaban J connectivity index is 1.94. The van der Waals surface area contributed by atoms with E-state index in [-0.39, 0.29) is 5.82 Å². The third-order valence-electron chi connectivity index (χ3n) is 4.78. The first-order chi connectivity index (χ1) is 11.1. The zero-order valence-corrected chi connectivity index (χ0v) is 14.3. The van der Waals surface area contributed by atoms with E-state index in [2.05, 4.69) is 29.6 Å². The van der Waals surface area contributed by atoms with Gasteiger partial charge in [-0.15, -0.1) is 0 Å². The number of hydrogen-bond donors (Lipinski definition) is 0. The van der Waals surface area contributed by atoms with E-state index >= 15 is 0 Å². The molecule has 0 saturated heterocycles. The lowest BCUT2D eigenvalue weighted by Crippen LogP contribution is -2.16. The molecule has 0 aliphatic heterocycles. The number of halogens is 1. The van der Waals surface area contributed by atoms with Gasteiger partial charge in [0, 0.05) is 17.9 Å². The van der Waals surface area contributed by atoms with Gasteiger partial charge in [-0.05, 0) is 94.2 Å². The van der Waals surface area contributed by atoms with E-state index in [4.69, 9.17) is 0 Å². The van der Waals surface area contributed by atoms with Crippen molar-refractivity contribution in [2.45, 2.75) is 45.1 Å². The lowest BCUT2D eigenvalue weighted by molar-refractivity contribution is 0.385. The van der Waals surface area contributed by atoms with E-state index in [0.29, 0.717) is 0 Å². The Hall–Kier alpha value is -1.61. The number of aromatic nitrogens is 1. The smallest absolute Gasteiger partial charge is 0.123 e. The molecule has 3 rings (SSSR count). The highest BCUT2D eigenvalue weighted by Gasteiger charge is 2.18. The molecule has 1 aromatic carbocycles. The molecule has 0 saturated carbocycles. The molecular weight excluding hydrogens is 287 g/mol. The van der Waals surface area contributed by atoms with Crippen LogP contribution in [-0.4, -0.2) is 30.1 Å². The minimum absolute atomic E-state index is 0.166. The highest BCUT2D eigenvalue weighted by atomic mass is 19.1. The highest BCUT2D eigenvalue weighted by Crippen LogP contribution is 2.31. The minimum atomic E-state index is -0.166. The lowest BCUT2D eigenvalue weighted by Gasteiger charge is -2.16. The molecule has 0 atom stereocenters. The van der Waals surface area contributed by atoms with Gasteiger partial charge in [-0.1, -0.05) is 6.42 Å². The zero-order chi connectivity index (χ0) is 16.2. The van der Waals surface area contributed by atoms with Gasteiger partial charge in [-0.25, -0.2) is 4.39 Å². The second-order valence-corrected chi connectivity index (χ2v) is 6.88. The molecule has 1 aliphatic rings. The van der Waals surface area contributed by atoms with Crippen molar-refractivity contribution in [1.82, 2.24) is 9.47 Å². The summed E-state index contributed by atoms with van der Waals surface area (Å²) >= 11 is 0. The standard InChI is InChI=1S/C20H27FN2/c1-22(2)13-6-14-23-19-8-5-3-4-7-17(19)15-20(23)16-9-11-18(21)12-10-16/h9-12,15H,3-8,13-14H2,1-2H3. The second kappa shape index (κ2) is 7.31. The third kappa shape index (κ3) is 3.84. The topological polar surface area (TPSA) is 8.17 Å². The molecular formula is C20H27FN2. The van der Waals surface area contributed by atoms with Crippen LogP contribution in [0.2, 0.25) is 0 Å². The molecule has 0 N–H and O–H groups in total. The molecule has 1 aliphatic carbocycles. The number of benzene rings is 1. The largest absolute Gasteiger partial charge is 0.344 e. The van der Waals surface area contributed by atoms with Crippen molar-refractivity contribution < 1.29 is 4.39 Å². The average molecular weight is 314 g/mol. The Kier molecular flexibility index (Phi) is 5.16. The van der Waals surface area contributed by atoms with Gasteiger partial charge in [0.1, 0.15) is 5.82 Å². The molecule has 0 spiro atoms. The summed E-state index contributed by atoms with van der Waals surface area (Å²) in [5.41, 5.74) is 5.41. The quantitative estimate of drug-likeness (QED) is 0.737. The van der Waals surface area contributed by atoms with Crippen molar-refractivity contribution in [3.8, 4) is 11.3 Å². The van der Waals surface area contributed by atoms with Crippen LogP contribution >= 0.6 is 0 Å². The molecule has 23 heavy (non-hydrogen) atoms. The van der Waals surface area contributed by atoms with Crippen LogP contribution in [0.5, 0.6) is 0 Å². The number of aryl methyl sites for hydroxylation is 1. The summed E-state index contributed by atoms with van der Waals surface area (Å²) in [5, 5.41) is 0. The molecule has 0 fully saturated rings. The highest BCUT2D eigenvalue weighted by molar-refractivity contribution is 5.62. The SMILES string of the molecule is CN(C)CCCn1c(-c2ccc(F)cc2)cc2c1CCCCC2. The van der Waals surface area contributed by atoms with Crippen molar-refractivity contribution in [3.63, 3.8) is 0 Å². The van der Waals surface area contributed by atoms with Crippen LogP contribution in [0.3, 0.4) is 0 Å². The van der Waals surface area contributed by atoms with Gasteiger partial charge in [0.05, 0.1) is 0 Å². The Labute approximate surface area is 138 Å². The Morgan fingerprint density at radius 2 is 1.78 bits per heavy atom. The van der Waals surface area contributed by atoms with E-state index in [0.717, 1.165) is 25.1 Å². The van der Waals surface area contributed by atoms with Crippen LogP contribution in [-0.2, 0) is 19.4 Å². The Morgan fingerprint density at radius 1 is 1.04 bits per heavy atom. The van der Waals surface area contributed by atoms with E-state index in [1.807, 2.05) is 12.1 Å². The Bertz CT molecular complexity index is 640. The molecule has 3 heteroatoms. The molecule has 0 amide bonds. The first kappa shape index (κ1) is 16.3. The Morgan fingerprint density at radius 3 is 2.52 bits per heavy atom. The minimum Gasteiger partial charge on any atom is -0.344 e. The average Bonchev–Trinajstić information content (AvgIpc) is 2.71. The fourth-order valence-corrected chi connectivity index (χ4v) is 3.60. The second-order valence-electron chi connectivity index (χ2n) is 6.88. The van der Waals surface area contributed by atoms with Crippen molar-refractivity contribution >= 4 is 0 Å². The van der Waals surface area contributed by atoms with E-state index in [9.17, 15) is 4.39 Å². The number of hydrogen-bond acceptors (Lipinski definition) is 1. The van der Waals surface area contributed by atoms with E-state index in [1.165, 1.54) is 49.1 Å². The summed E-state index contributed by atoms with van der Waals surface area (Å²) in [4.78, 5) is 2.24. The molecule has 1 heterocycles. The monoisotopic (exact) mass is 314 g/mol. The molecule has 0 radical (unpaired) electrons. The maximum atomic E-state index is 13.3. The number of fused-ring (bicyclic) bond motifs is 1. The zero-order valence-electron chi connectivity index (χ0n) is 14.3. The van der Waals surface area contributed by atoms with Crippen molar-refractivity contribution in [2.24, 2.45) is 0 Å². The van der Waals surface area contributed by atoms with E-state index in [1.54, 1.807) is 12.1 Å². The summed E-state index contributed by atoms with van der Waals surface area (Å²) < 4.78 is 15.8. The first-order valence-electron chi connectivity index (χ1n) is 8.77.